The number of allylic oxidation sites excluding steroid dienone is 7. The summed E-state index contributed by atoms with van der Waals surface area (Å²) in [6, 6.07) is -0.912. The smallest absolute Gasteiger partial charge is 0.268 e. The second-order valence-corrected chi connectivity index (χ2v) is 16.4. The molecule has 0 radical (unpaired) electrons. The molecule has 0 rings (SSSR count). The first kappa shape index (κ1) is 49.5. The maximum Gasteiger partial charge on any atom is 0.268 e. The van der Waals surface area contributed by atoms with E-state index in [0.717, 1.165) is 64.2 Å². The molecule has 3 unspecified atom stereocenters. The predicted molar refractivity (Wildman–Crippen MR) is 214 cm³/mol. The summed E-state index contributed by atoms with van der Waals surface area (Å²) in [5, 5.41) is 13.7. The van der Waals surface area contributed by atoms with Crippen molar-refractivity contribution in [2.24, 2.45) is 0 Å². The second kappa shape index (κ2) is 34.2. The Balaban J connectivity index is 4.60. The van der Waals surface area contributed by atoms with Gasteiger partial charge in [-0.15, -0.1) is 0 Å². The number of phosphoric acid groups is 1. The van der Waals surface area contributed by atoms with Gasteiger partial charge < -0.3 is 28.8 Å². The minimum Gasteiger partial charge on any atom is -0.756 e. The van der Waals surface area contributed by atoms with E-state index in [9.17, 15) is 19.4 Å². The monoisotopic (exact) mass is 739 g/mol. The number of quaternary nitrogens is 1. The third-order valence-corrected chi connectivity index (χ3v) is 9.70. The number of hydrogen-bond acceptors (Lipinski definition) is 6. The van der Waals surface area contributed by atoms with Gasteiger partial charge in [0, 0.05) is 6.42 Å². The van der Waals surface area contributed by atoms with Gasteiger partial charge in [0.2, 0.25) is 5.91 Å². The van der Waals surface area contributed by atoms with E-state index in [2.05, 4.69) is 55.6 Å². The van der Waals surface area contributed by atoms with E-state index in [-0.39, 0.29) is 12.5 Å². The van der Waals surface area contributed by atoms with Gasteiger partial charge in [-0.3, -0.25) is 9.36 Å². The molecule has 0 saturated heterocycles. The molecule has 0 aromatic carbocycles. The molecule has 2 N–H and O–H groups in total. The number of carbonyl (C=O) groups excluding carboxylic acids is 1. The topological polar surface area (TPSA) is 108 Å². The van der Waals surface area contributed by atoms with Crippen LogP contribution in [0.1, 0.15) is 162 Å². The predicted octanol–water partition coefficient (Wildman–Crippen LogP) is 10.3. The van der Waals surface area contributed by atoms with Crippen molar-refractivity contribution in [1.29, 1.82) is 0 Å². The number of nitrogens with zero attached hydrogens (tertiary/aromatic N) is 1. The number of nitrogens with one attached hydrogen (secondary N) is 1. The molecule has 0 fully saturated rings. The van der Waals surface area contributed by atoms with E-state index in [1.54, 1.807) is 6.08 Å². The molecular formula is C42H79N2O6P. The first-order valence-corrected chi connectivity index (χ1v) is 22.0. The second-order valence-electron chi connectivity index (χ2n) is 15.0. The van der Waals surface area contributed by atoms with Crippen LogP contribution in [0, 0.1) is 0 Å². The highest BCUT2D eigenvalue weighted by Crippen LogP contribution is 2.38. The van der Waals surface area contributed by atoms with Crippen LogP contribution < -0.4 is 10.2 Å². The zero-order valence-electron chi connectivity index (χ0n) is 33.5. The average Bonchev–Trinajstić information content (AvgIpc) is 3.07. The van der Waals surface area contributed by atoms with E-state index < -0.39 is 26.6 Å². The lowest BCUT2D eigenvalue weighted by molar-refractivity contribution is -0.870. The molecule has 0 aliphatic carbocycles. The van der Waals surface area contributed by atoms with Crippen LogP contribution in [0.3, 0.4) is 0 Å². The van der Waals surface area contributed by atoms with Gasteiger partial charge in [0.1, 0.15) is 13.2 Å². The summed E-state index contributed by atoms with van der Waals surface area (Å²) in [5.41, 5.74) is 0. The summed E-state index contributed by atoms with van der Waals surface area (Å²) in [7, 11) is 1.22. The quantitative estimate of drug-likeness (QED) is 0.0287. The highest BCUT2D eigenvalue weighted by molar-refractivity contribution is 7.45. The van der Waals surface area contributed by atoms with Crippen LogP contribution in [0.15, 0.2) is 48.6 Å². The van der Waals surface area contributed by atoms with Crippen molar-refractivity contribution in [2.75, 3.05) is 40.9 Å². The normalized spacial score (nSPS) is 15.0. The summed E-state index contributed by atoms with van der Waals surface area (Å²) < 4.78 is 23.1. The van der Waals surface area contributed by atoms with E-state index in [0.29, 0.717) is 17.4 Å². The Kier molecular flexibility index (Phi) is 33.2. The van der Waals surface area contributed by atoms with Crippen LogP contribution in [0.25, 0.3) is 0 Å². The van der Waals surface area contributed by atoms with Gasteiger partial charge in [-0.05, 0) is 70.6 Å². The molecule has 51 heavy (non-hydrogen) atoms. The Morgan fingerprint density at radius 3 is 1.61 bits per heavy atom. The maximum absolute atomic E-state index is 12.8. The van der Waals surface area contributed by atoms with Crippen molar-refractivity contribution in [2.45, 2.75) is 174 Å². The number of aliphatic hydroxyl groups excluding tert-OH is 1. The highest BCUT2D eigenvalue weighted by Gasteiger charge is 2.23. The number of rotatable bonds is 36. The van der Waals surface area contributed by atoms with Gasteiger partial charge in [0.05, 0.1) is 39.9 Å². The maximum atomic E-state index is 12.8. The van der Waals surface area contributed by atoms with Gasteiger partial charge in [0.15, 0.2) is 0 Å². The van der Waals surface area contributed by atoms with E-state index in [1.165, 1.54) is 77.0 Å². The fraction of sp³-hybridized carbons (Fsp3) is 0.786. The summed E-state index contributed by atoms with van der Waals surface area (Å²) >= 11 is 0. The van der Waals surface area contributed by atoms with Gasteiger partial charge >= 0.3 is 0 Å². The molecule has 0 heterocycles. The molecule has 8 nitrogen and oxygen atoms in total. The first-order chi connectivity index (χ1) is 24.5. The molecule has 0 aliphatic heterocycles. The summed E-state index contributed by atoms with van der Waals surface area (Å²) in [6.07, 6.45) is 41.5. The molecule has 0 aromatic rings. The molecule has 0 aromatic heterocycles. The zero-order chi connectivity index (χ0) is 37.9. The molecule has 298 valence electrons. The van der Waals surface area contributed by atoms with Gasteiger partial charge in [-0.2, -0.15) is 0 Å². The molecule has 3 atom stereocenters. The number of amides is 1. The Labute approximate surface area is 314 Å². The molecular weight excluding hydrogens is 659 g/mol. The molecule has 9 heteroatoms. The third-order valence-electron chi connectivity index (χ3n) is 8.74. The first-order valence-electron chi connectivity index (χ1n) is 20.5. The van der Waals surface area contributed by atoms with E-state index >= 15 is 0 Å². The Hall–Kier alpha value is -1.54. The van der Waals surface area contributed by atoms with Crippen molar-refractivity contribution in [3.05, 3.63) is 48.6 Å². The van der Waals surface area contributed by atoms with Crippen molar-refractivity contribution < 1.29 is 32.9 Å². The van der Waals surface area contributed by atoms with Crippen molar-refractivity contribution in [3.8, 4) is 0 Å². The Morgan fingerprint density at radius 1 is 0.667 bits per heavy atom. The number of hydrogen-bond donors (Lipinski definition) is 2. The lowest BCUT2D eigenvalue weighted by Gasteiger charge is -2.29. The SMILES string of the molecule is CCCCCC/C=C\CCCCCCCC(=O)NC(COP(=O)([O-])OCC[N+](C)(C)C)C(O)/C=C/CC/C=C/CC/C=C/CCCCCCCC. The summed E-state index contributed by atoms with van der Waals surface area (Å²) in [4.78, 5) is 25.2. The number of carbonyl (C=O) groups is 1. The number of aliphatic hydroxyl groups is 1. The van der Waals surface area contributed by atoms with Crippen LogP contribution in [0.5, 0.6) is 0 Å². The van der Waals surface area contributed by atoms with Gasteiger partial charge in [-0.1, -0.05) is 133 Å². The van der Waals surface area contributed by atoms with Crippen molar-refractivity contribution in [1.82, 2.24) is 5.32 Å². The van der Waals surface area contributed by atoms with Gasteiger partial charge in [0.25, 0.3) is 7.82 Å². The van der Waals surface area contributed by atoms with Crippen LogP contribution in [-0.2, 0) is 18.4 Å². The van der Waals surface area contributed by atoms with Crippen LogP contribution >= 0.6 is 7.82 Å². The lowest BCUT2D eigenvalue weighted by atomic mass is 10.1. The molecule has 1 amide bonds. The number of phosphoric ester groups is 1. The van der Waals surface area contributed by atoms with Crippen molar-refractivity contribution in [3.63, 3.8) is 0 Å². The average molecular weight is 739 g/mol. The van der Waals surface area contributed by atoms with E-state index in [4.69, 9.17) is 9.05 Å². The number of unbranched alkanes of at least 4 members (excludes halogenated alkanes) is 17. The third kappa shape index (κ3) is 36.6. The Morgan fingerprint density at radius 2 is 1.10 bits per heavy atom. The number of likely N-dealkylation sites (N-methyl/N-ethyl adjacent to an activating group) is 1. The van der Waals surface area contributed by atoms with Gasteiger partial charge in [-0.25, -0.2) is 0 Å². The van der Waals surface area contributed by atoms with Crippen LogP contribution in [0.2, 0.25) is 0 Å². The minimum atomic E-state index is -4.60. The highest BCUT2D eigenvalue weighted by atomic mass is 31.2. The molecule has 0 spiro atoms. The standard InChI is InChI=1S/C42H79N2O6P/c1-6-8-10-12-14-16-18-20-21-22-24-25-27-29-31-33-35-41(45)40(39-50-51(47,48)49-38-37-44(3,4)5)43-42(46)36-34-32-30-28-26-23-19-17-15-13-11-9-7-2/h17,19-21,25,27,33,35,40-41,45H,6-16,18,22-24,26,28-32,34,36-39H2,1-5H3,(H-,43,46,47,48)/b19-17-,21-20+,27-25+,35-33+. The molecule has 0 aliphatic rings. The van der Waals surface area contributed by atoms with E-state index in [1.807, 2.05) is 27.2 Å². The summed E-state index contributed by atoms with van der Waals surface area (Å²) in [6.45, 7) is 4.56. The zero-order valence-corrected chi connectivity index (χ0v) is 34.4. The Bertz CT molecular complexity index is 975. The van der Waals surface area contributed by atoms with Crippen LogP contribution in [-0.4, -0.2) is 68.5 Å². The molecule has 0 bridgehead atoms. The van der Waals surface area contributed by atoms with Crippen molar-refractivity contribution >= 4 is 13.7 Å². The fourth-order valence-electron chi connectivity index (χ4n) is 5.41. The lowest BCUT2D eigenvalue weighted by Crippen LogP contribution is -2.45. The minimum absolute atomic E-state index is 0.0118. The fourth-order valence-corrected chi connectivity index (χ4v) is 6.13. The molecule has 0 saturated carbocycles. The van der Waals surface area contributed by atoms with Crippen LogP contribution in [0.4, 0.5) is 0 Å². The summed E-state index contributed by atoms with van der Waals surface area (Å²) in [5.74, 6) is -0.224. The largest absolute Gasteiger partial charge is 0.756 e.